The van der Waals surface area contributed by atoms with E-state index in [1.807, 2.05) is 11.9 Å². The van der Waals surface area contributed by atoms with Crippen molar-refractivity contribution < 1.29 is 9.53 Å². The molecule has 0 atom stereocenters. The molecule has 0 N–H and O–H groups in total. The van der Waals surface area contributed by atoms with E-state index in [4.69, 9.17) is 4.74 Å². The molecule has 0 spiro atoms. The van der Waals surface area contributed by atoms with Crippen LogP contribution in [0.25, 0.3) is 0 Å². The predicted octanol–water partition coefficient (Wildman–Crippen LogP) is 1.35. The zero-order valence-corrected chi connectivity index (χ0v) is 11.6. The molecule has 0 radical (unpaired) electrons. The number of likely N-dealkylation sites (N-methyl/N-ethyl adjacent to an activating group) is 1. The molecule has 0 aliphatic heterocycles. The van der Waals surface area contributed by atoms with Crippen molar-refractivity contribution in [2.45, 2.75) is 44.8 Å². The average Bonchev–Trinajstić information content (AvgIpc) is 2.28. The van der Waals surface area contributed by atoms with Crippen LogP contribution in [0.1, 0.15) is 32.6 Å². The normalized spacial score (nSPS) is 25.0. The molecule has 4 heteroatoms. The van der Waals surface area contributed by atoms with Crippen molar-refractivity contribution in [1.29, 1.82) is 0 Å². The van der Waals surface area contributed by atoms with Gasteiger partial charge < -0.3 is 14.5 Å². The van der Waals surface area contributed by atoms with Crippen molar-refractivity contribution in [3.63, 3.8) is 0 Å². The third-order valence-electron chi connectivity index (χ3n) is 3.58. The molecule has 100 valence electrons. The van der Waals surface area contributed by atoms with Gasteiger partial charge >= 0.3 is 0 Å². The van der Waals surface area contributed by atoms with Gasteiger partial charge in [0.25, 0.3) is 0 Å². The quantitative estimate of drug-likeness (QED) is 0.729. The summed E-state index contributed by atoms with van der Waals surface area (Å²) in [5, 5.41) is 0. The molecule has 0 aromatic carbocycles. The van der Waals surface area contributed by atoms with Crippen LogP contribution in [0, 0.1) is 0 Å². The smallest absolute Gasteiger partial charge is 0.219 e. The van der Waals surface area contributed by atoms with Gasteiger partial charge in [0.15, 0.2) is 0 Å². The molecule has 0 heterocycles. The number of hydrogen-bond donors (Lipinski definition) is 0. The molecule has 1 rings (SSSR count). The predicted molar refractivity (Wildman–Crippen MR) is 69.0 cm³/mol. The van der Waals surface area contributed by atoms with E-state index in [2.05, 4.69) is 19.0 Å². The van der Waals surface area contributed by atoms with Crippen molar-refractivity contribution in [2.24, 2.45) is 0 Å². The lowest BCUT2D eigenvalue weighted by molar-refractivity contribution is -0.130. The zero-order chi connectivity index (χ0) is 12.8. The Balaban J connectivity index is 2.19. The molecular weight excluding hydrogens is 216 g/mol. The van der Waals surface area contributed by atoms with Crippen LogP contribution >= 0.6 is 0 Å². The third-order valence-corrected chi connectivity index (χ3v) is 3.58. The Hall–Kier alpha value is -0.610. The monoisotopic (exact) mass is 242 g/mol. The number of carbonyl (C=O) groups is 1. The van der Waals surface area contributed by atoms with E-state index < -0.39 is 0 Å². The average molecular weight is 242 g/mol. The highest BCUT2D eigenvalue weighted by Gasteiger charge is 2.25. The Morgan fingerprint density at radius 1 is 1.18 bits per heavy atom. The standard InChI is InChI=1S/C13H26N2O2/c1-11(16)15(4)12-5-7-13(8-6-12)17-10-9-14(2)3/h12-13H,5-10H2,1-4H3/t12-,13-. The fraction of sp³-hybridized carbons (Fsp3) is 0.923. The van der Waals surface area contributed by atoms with Gasteiger partial charge in [-0.1, -0.05) is 0 Å². The molecule has 0 saturated heterocycles. The molecule has 0 aromatic heterocycles. The number of ether oxygens (including phenoxy) is 1. The van der Waals surface area contributed by atoms with Crippen LogP contribution in [-0.4, -0.2) is 62.1 Å². The number of rotatable bonds is 5. The maximum absolute atomic E-state index is 11.3. The second-order valence-corrected chi connectivity index (χ2v) is 5.23. The van der Waals surface area contributed by atoms with Crippen molar-refractivity contribution in [3.05, 3.63) is 0 Å². The van der Waals surface area contributed by atoms with Crippen LogP contribution in [0.2, 0.25) is 0 Å². The zero-order valence-electron chi connectivity index (χ0n) is 11.6. The van der Waals surface area contributed by atoms with Crippen molar-refractivity contribution in [2.75, 3.05) is 34.3 Å². The fourth-order valence-electron chi connectivity index (χ4n) is 2.26. The van der Waals surface area contributed by atoms with Gasteiger partial charge in [-0.15, -0.1) is 0 Å². The summed E-state index contributed by atoms with van der Waals surface area (Å²) in [7, 11) is 6.02. The molecule has 4 nitrogen and oxygen atoms in total. The first kappa shape index (κ1) is 14.5. The maximum Gasteiger partial charge on any atom is 0.219 e. The molecule has 0 bridgehead atoms. The summed E-state index contributed by atoms with van der Waals surface area (Å²) in [6.45, 7) is 3.43. The van der Waals surface area contributed by atoms with Gasteiger partial charge in [0.05, 0.1) is 12.7 Å². The van der Waals surface area contributed by atoms with Crippen LogP contribution in [0.3, 0.4) is 0 Å². The van der Waals surface area contributed by atoms with Crippen molar-refractivity contribution in [1.82, 2.24) is 9.80 Å². The lowest BCUT2D eigenvalue weighted by atomic mass is 9.92. The minimum absolute atomic E-state index is 0.168. The van der Waals surface area contributed by atoms with E-state index in [-0.39, 0.29) is 5.91 Å². The summed E-state index contributed by atoms with van der Waals surface area (Å²) in [6.07, 6.45) is 4.70. The third kappa shape index (κ3) is 5.04. The second-order valence-electron chi connectivity index (χ2n) is 5.23. The van der Waals surface area contributed by atoms with Crippen molar-refractivity contribution in [3.8, 4) is 0 Å². The maximum atomic E-state index is 11.3. The minimum atomic E-state index is 0.168. The molecule has 1 aliphatic rings. The van der Waals surface area contributed by atoms with E-state index in [0.29, 0.717) is 12.1 Å². The van der Waals surface area contributed by atoms with Gasteiger partial charge in [-0.05, 0) is 39.8 Å². The Morgan fingerprint density at radius 3 is 2.24 bits per heavy atom. The fourth-order valence-corrected chi connectivity index (χ4v) is 2.26. The van der Waals surface area contributed by atoms with Gasteiger partial charge in [-0.2, -0.15) is 0 Å². The van der Waals surface area contributed by atoms with Gasteiger partial charge in [0, 0.05) is 26.6 Å². The van der Waals surface area contributed by atoms with E-state index in [9.17, 15) is 4.79 Å². The SMILES string of the molecule is CC(=O)N(C)[C@H]1CC[C@H](OCCN(C)C)CC1. The van der Waals surface area contributed by atoms with E-state index in [1.54, 1.807) is 6.92 Å². The summed E-state index contributed by atoms with van der Waals surface area (Å²) in [6, 6.07) is 0.418. The summed E-state index contributed by atoms with van der Waals surface area (Å²) < 4.78 is 5.84. The first-order valence-electron chi connectivity index (χ1n) is 6.50. The van der Waals surface area contributed by atoms with Gasteiger partial charge in [-0.3, -0.25) is 4.79 Å². The Kier molecular flexibility index (Phi) is 5.92. The van der Waals surface area contributed by atoms with Crippen LogP contribution in [0.5, 0.6) is 0 Å². The van der Waals surface area contributed by atoms with Crippen LogP contribution in [0.4, 0.5) is 0 Å². The molecule has 1 saturated carbocycles. The molecule has 0 aromatic rings. The molecule has 0 unspecified atom stereocenters. The number of amides is 1. The lowest BCUT2D eigenvalue weighted by Crippen LogP contribution is -2.39. The molecule has 17 heavy (non-hydrogen) atoms. The summed E-state index contributed by atoms with van der Waals surface area (Å²) in [5.74, 6) is 0.168. The topological polar surface area (TPSA) is 32.8 Å². The molecule has 1 fully saturated rings. The van der Waals surface area contributed by atoms with Gasteiger partial charge in [0.2, 0.25) is 5.91 Å². The van der Waals surface area contributed by atoms with Gasteiger partial charge in [0.1, 0.15) is 0 Å². The number of carbonyl (C=O) groups excluding carboxylic acids is 1. The second kappa shape index (κ2) is 6.97. The van der Waals surface area contributed by atoms with Crippen molar-refractivity contribution >= 4 is 5.91 Å². The highest BCUT2D eigenvalue weighted by atomic mass is 16.5. The number of hydrogen-bond acceptors (Lipinski definition) is 3. The Labute approximate surface area is 105 Å². The van der Waals surface area contributed by atoms with Gasteiger partial charge in [-0.25, -0.2) is 0 Å². The molecular formula is C13H26N2O2. The largest absolute Gasteiger partial charge is 0.377 e. The first-order valence-corrected chi connectivity index (χ1v) is 6.50. The highest BCUT2D eigenvalue weighted by molar-refractivity contribution is 5.73. The van der Waals surface area contributed by atoms with E-state index in [0.717, 1.165) is 38.8 Å². The lowest BCUT2D eigenvalue weighted by Gasteiger charge is -2.34. The molecule has 1 amide bonds. The van der Waals surface area contributed by atoms with E-state index >= 15 is 0 Å². The number of nitrogens with zero attached hydrogens (tertiary/aromatic N) is 2. The summed E-state index contributed by atoms with van der Waals surface area (Å²) in [5.41, 5.74) is 0. The van der Waals surface area contributed by atoms with Crippen LogP contribution in [-0.2, 0) is 9.53 Å². The summed E-state index contributed by atoms with van der Waals surface area (Å²) in [4.78, 5) is 15.3. The molecule has 1 aliphatic carbocycles. The summed E-state index contributed by atoms with van der Waals surface area (Å²) >= 11 is 0. The van der Waals surface area contributed by atoms with Crippen LogP contribution in [0.15, 0.2) is 0 Å². The Morgan fingerprint density at radius 2 is 1.76 bits per heavy atom. The first-order chi connectivity index (χ1) is 8.00. The Bertz CT molecular complexity index is 236. The van der Waals surface area contributed by atoms with Crippen LogP contribution < -0.4 is 0 Å². The van der Waals surface area contributed by atoms with E-state index in [1.165, 1.54) is 0 Å². The minimum Gasteiger partial charge on any atom is -0.377 e. The highest BCUT2D eigenvalue weighted by Crippen LogP contribution is 2.24.